The van der Waals surface area contributed by atoms with Crippen LogP contribution < -0.4 is 20.9 Å². The molecule has 2 rings (SSSR count). The average molecular weight is 277 g/mol. The van der Waals surface area contributed by atoms with Gasteiger partial charge in [-0.25, -0.2) is 5.43 Å². The molecule has 1 aliphatic rings. The number of likely N-dealkylation sites (N-methyl/N-ethyl adjacent to an activating group) is 1. The van der Waals surface area contributed by atoms with Crippen LogP contribution in [0, 0.1) is 5.92 Å². The van der Waals surface area contributed by atoms with Crippen LogP contribution in [0.1, 0.15) is 38.8 Å². The van der Waals surface area contributed by atoms with E-state index in [4.69, 9.17) is 4.74 Å². The molecule has 112 valence electrons. The third-order valence-electron chi connectivity index (χ3n) is 3.91. The molecule has 1 aliphatic heterocycles. The predicted octanol–water partition coefficient (Wildman–Crippen LogP) is 2.24. The zero-order valence-electron chi connectivity index (χ0n) is 12.8. The highest BCUT2D eigenvalue weighted by molar-refractivity contribution is 5.30. The molecule has 1 saturated heterocycles. The molecule has 1 heterocycles. The van der Waals surface area contributed by atoms with Crippen molar-refractivity contribution >= 4 is 0 Å². The Bertz CT molecular complexity index is 393. The van der Waals surface area contributed by atoms with E-state index < -0.39 is 0 Å². The first kappa shape index (κ1) is 15.3. The summed E-state index contributed by atoms with van der Waals surface area (Å²) in [5, 5.41) is 3.40. The molecule has 20 heavy (non-hydrogen) atoms. The van der Waals surface area contributed by atoms with Gasteiger partial charge >= 0.3 is 0 Å². The number of benzene rings is 1. The van der Waals surface area contributed by atoms with E-state index >= 15 is 0 Å². The topological polar surface area (TPSA) is 45.3 Å². The summed E-state index contributed by atoms with van der Waals surface area (Å²) in [7, 11) is 0. The smallest absolute Gasteiger partial charge is 0.119 e. The molecule has 0 spiro atoms. The maximum atomic E-state index is 5.63. The Morgan fingerprint density at radius 3 is 2.55 bits per heavy atom. The molecule has 1 aromatic rings. The van der Waals surface area contributed by atoms with Gasteiger partial charge in [0.2, 0.25) is 0 Å². The molecule has 0 aromatic heterocycles. The van der Waals surface area contributed by atoms with E-state index in [1.807, 2.05) is 0 Å². The summed E-state index contributed by atoms with van der Waals surface area (Å²) in [4.78, 5) is 0. The molecule has 0 radical (unpaired) electrons. The standard InChI is InChI=1S/C16H27N3O/c1-4-10-20-14-8-6-13(7-9-14)16-12(3)15(18-19-16)11-17-5-2/h6-9,12,15-19H,4-5,10-11H2,1-3H3. The van der Waals surface area contributed by atoms with E-state index in [9.17, 15) is 0 Å². The van der Waals surface area contributed by atoms with E-state index in [1.165, 1.54) is 5.56 Å². The SMILES string of the molecule is CCCOc1ccc(C2NNC(CNCC)C2C)cc1. The fraction of sp³-hybridized carbons (Fsp3) is 0.625. The summed E-state index contributed by atoms with van der Waals surface area (Å²) in [6.45, 7) is 9.34. The third-order valence-corrected chi connectivity index (χ3v) is 3.91. The highest BCUT2D eigenvalue weighted by atomic mass is 16.5. The second kappa shape index (κ2) is 7.62. The van der Waals surface area contributed by atoms with Crippen molar-refractivity contribution in [2.24, 2.45) is 5.92 Å². The van der Waals surface area contributed by atoms with Crippen molar-refractivity contribution in [1.29, 1.82) is 0 Å². The number of nitrogens with one attached hydrogen (secondary N) is 3. The van der Waals surface area contributed by atoms with Gasteiger partial charge in [0.1, 0.15) is 5.75 Å². The van der Waals surface area contributed by atoms with Gasteiger partial charge in [0.25, 0.3) is 0 Å². The Morgan fingerprint density at radius 1 is 1.15 bits per heavy atom. The predicted molar refractivity (Wildman–Crippen MR) is 82.7 cm³/mol. The molecule has 0 bridgehead atoms. The van der Waals surface area contributed by atoms with Crippen molar-refractivity contribution in [3.63, 3.8) is 0 Å². The lowest BCUT2D eigenvalue weighted by Crippen LogP contribution is -2.39. The van der Waals surface area contributed by atoms with E-state index in [0.717, 1.165) is 31.9 Å². The van der Waals surface area contributed by atoms with Crippen LogP contribution in [0.2, 0.25) is 0 Å². The molecule has 0 amide bonds. The average Bonchev–Trinajstić information content (AvgIpc) is 2.84. The number of hydrazine groups is 1. The first-order valence-electron chi connectivity index (χ1n) is 7.70. The maximum Gasteiger partial charge on any atom is 0.119 e. The molecule has 4 nitrogen and oxygen atoms in total. The second-order valence-corrected chi connectivity index (χ2v) is 5.46. The van der Waals surface area contributed by atoms with Gasteiger partial charge in [-0.05, 0) is 36.6 Å². The summed E-state index contributed by atoms with van der Waals surface area (Å²) in [5.41, 5.74) is 8.12. The fourth-order valence-electron chi connectivity index (χ4n) is 2.61. The molecule has 4 heteroatoms. The summed E-state index contributed by atoms with van der Waals surface area (Å²) >= 11 is 0. The van der Waals surface area contributed by atoms with E-state index in [0.29, 0.717) is 18.0 Å². The van der Waals surface area contributed by atoms with Crippen LogP contribution in [0.3, 0.4) is 0 Å². The van der Waals surface area contributed by atoms with Gasteiger partial charge in [-0.3, -0.25) is 5.43 Å². The Morgan fingerprint density at radius 2 is 1.90 bits per heavy atom. The minimum atomic E-state index is 0.360. The van der Waals surface area contributed by atoms with E-state index in [-0.39, 0.29) is 0 Å². The molecule has 3 atom stereocenters. The molecule has 3 unspecified atom stereocenters. The van der Waals surface area contributed by atoms with Gasteiger partial charge in [-0.1, -0.05) is 32.9 Å². The molecular weight excluding hydrogens is 250 g/mol. The van der Waals surface area contributed by atoms with Crippen molar-refractivity contribution in [1.82, 2.24) is 16.2 Å². The van der Waals surface area contributed by atoms with Gasteiger partial charge < -0.3 is 10.1 Å². The second-order valence-electron chi connectivity index (χ2n) is 5.46. The number of hydrogen-bond donors (Lipinski definition) is 3. The van der Waals surface area contributed by atoms with Crippen LogP contribution in [-0.2, 0) is 0 Å². The van der Waals surface area contributed by atoms with Crippen molar-refractivity contribution in [3.05, 3.63) is 29.8 Å². The van der Waals surface area contributed by atoms with Gasteiger partial charge in [-0.15, -0.1) is 0 Å². The number of ether oxygens (including phenoxy) is 1. The van der Waals surface area contributed by atoms with Gasteiger partial charge in [0.05, 0.1) is 12.6 Å². The molecule has 3 N–H and O–H groups in total. The first-order valence-corrected chi connectivity index (χ1v) is 7.70. The lowest BCUT2D eigenvalue weighted by atomic mass is 9.91. The van der Waals surface area contributed by atoms with Crippen LogP contribution in [-0.4, -0.2) is 25.7 Å². The summed E-state index contributed by atoms with van der Waals surface area (Å²) in [6, 6.07) is 9.29. The maximum absolute atomic E-state index is 5.63. The highest BCUT2D eigenvalue weighted by Crippen LogP contribution is 2.29. The summed E-state index contributed by atoms with van der Waals surface area (Å²) < 4.78 is 5.63. The van der Waals surface area contributed by atoms with Gasteiger partial charge in [0, 0.05) is 12.6 Å². The molecule has 0 saturated carbocycles. The van der Waals surface area contributed by atoms with Gasteiger partial charge in [-0.2, -0.15) is 0 Å². The van der Waals surface area contributed by atoms with Crippen LogP contribution in [0.25, 0.3) is 0 Å². The normalized spacial score (nSPS) is 25.9. The molecular formula is C16H27N3O. The molecule has 1 fully saturated rings. The third kappa shape index (κ3) is 3.72. The number of hydrogen-bond acceptors (Lipinski definition) is 4. The van der Waals surface area contributed by atoms with Crippen molar-refractivity contribution in [2.45, 2.75) is 39.3 Å². The Labute approximate surface area is 122 Å². The van der Waals surface area contributed by atoms with Crippen LogP contribution in [0.4, 0.5) is 0 Å². The lowest BCUT2D eigenvalue weighted by molar-refractivity contribution is 0.317. The fourth-order valence-corrected chi connectivity index (χ4v) is 2.61. The minimum Gasteiger partial charge on any atom is -0.494 e. The zero-order chi connectivity index (χ0) is 14.4. The summed E-state index contributed by atoms with van der Waals surface area (Å²) in [5.74, 6) is 1.51. The Kier molecular flexibility index (Phi) is 5.83. The van der Waals surface area contributed by atoms with Gasteiger partial charge in [0.15, 0.2) is 0 Å². The quantitative estimate of drug-likeness (QED) is 0.715. The highest BCUT2D eigenvalue weighted by Gasteiger charge is 2.32. The van der Waals surface area contributed by atoms with Crippen LogP contribution in [0.5, 0.6) is 5.75 Å². The largest absolute Gasteiger partial charge is 0.494 e. The zero-order valence-corrected chi connectivity index (χ0v) is 12.8. The first-order chi connectivity index (χ1) is 9.76. The van der Waals surface area contributed by atoms with Crippen LogP contribution >= 0.6 is 0 Å². The van der Waals surface area contributed by atoms with Crippen molar-refractivity contribution in [2.75, 3.05) is 19.7 Å². The number of rotatable bonds is 7. The van der Waals surface area contributed by atoms with Crippen molar-refractivity contribution in [3.8, 4) is 5.75 Å². The monoisotopic (exact) mass is 277 g/mol. The van der Waals surface area contributed by atoms with Crippen molar-refractivity contribution < 1.29 is 4.74 Å². The van der Waals surface area contributed by atoms with E-state index in [2.05, 4.69) is 61.2 Å². The Balaban J connectivity index is 1.94. The molecule has 1 aromatic carbocycles. The van der Waals surface area contributed by atoms with Crippen LogP contribution in [0.15, 0.2) is 24.3 Å². The minimum absolute atomic E-state index is 0.360. The Hall–Kier alpha value is -1.10. The summed E-state index contributed by atoms with van der Waals surface area (Å²) in [6.07, 6.45) is 1.04. The molecule has 0 aliphatic carbocycles. The lowest BCUT2D eigenvalue weighted by Gasteiger charge is -2.19. The van der Waals surface area contributed by atoms with E-state index in [1.54, 1.807) is 0 Å².